The lowest BCUT2D eigenvalue weighted by atomic mass is 9.99. The number of aliphatic hydroxyl groups is 2. The van der Waals surface area contributed by atoms with Gasteiger partial charge in [-0.25, -0.2) is 4.98 Å². The average Bonchev–Trinajstić information content (AvgIpc) is 3.05. The summed E-state index contributed by atoms with van der Waals surface area (Å²) in [7, 11) is 1.48. The summed E-state index contributed by atoms with van der Waals surface area (Å²) in [6.07, 6.45) is -7.46. The van der Waals surface area contributed by atoms with Gasteiger partial charge in [0.2, 0.25) is 11.5 Å². The molecule has 0 saturated carbocycles. The van der Waals surface area contributed by atoms with Gasteiger partial charge in [-0.1, -0.05) is 12.1 Å². The van der Waals surface area contributed by atoms with Crippen LogP contribution in [-0.4, -0.2) is 40.9 Å². The number of aryl methyl sites for hydroxylation is 1. The molecular weight excluding hydrogens is 385 g/mol. The van der Waals surface area contributed by atoms with Crippen LogP contribution in [0, 0.1) is 6.92 Å². The van der Waals surface area contributed by atoms with Crippen LogP contribution in [0.25, 0.3) is 0 Å². The number of nitrogens with zero attached hydrogens (tertiary/aromatic N) is 1. The Kier molecular flexibility index (Phi) is 6.45. The zero-order valence-corrected chi connectivity index (χ0v) is 15.4. The zero-order chi connectivity index (χ0) is 20.2. The van der Waals surface area contributed by atoms with E-state index in [2.05, 4.69) is 10.3 Å². The Balaban J connectivity index is 2.03. The van der Waals surface area contributed by atoms with Crippen LogP contribution in [0.4, 0.5) is 13.2 Å². The average molecular weight is 404 g/mol. The van der Waals surface area contributed by atoms with E-state index >= 15 is 0 Å². The highest BCUT2D eigenvalue weighted by molar-refractivity contribution is 7.09. The number of hydrogen-bond acceptors (Lipinski definition) is 6. The molecule has 3 N–H and O–H groups in total. The first-order valence-electron chi connectivity index (χ1n) is 7.87. The fourth-order valence-electron chi connectivity index (χ4n) is 2.29. The Morgan fingerprint density at radius 2 is 1.96 bits per heavy atom. The molecule has 1 aromatic heterocycles. The number of thiazole rings is 1. The molecule has 0 saturated heterocycles. The highest BCUT2D eigenvalue weighted by Gasteiger charge is 2.58. The molecule has 0 bridgehead atoms. The highest BCUT2D eigenvalue weighted by atomic mass is 32.1. The number of carbonyl (C=O) groups excluding carboxylic acids is 1. The SMILES string of the molecule is COc1ccc(C(O)CNC(=O)CC(O)(c2nc(C)cs2)C(F)(F)F)cc1. The lowest BCUT2D eigenvalue weighted by Gasteiger charge is -2.28. The van der Waals surface area contributed by atoms with Gasteiger partial charge >= 0.3 is 6.18 Å². The third kappa shape index (κ3) is 4.96. The number of hydrogen-bond donors (Lipinski definition) is 3. The van der Waals surface area contributed by atoms with E-state index in [-0.39, 0.29) is 6.54 Å². The van der Waals surface area contributed by atoms with Gasteiger partial charge in [0.1, 0.15) is 10.8 Å². The molecule has 6 nitrogen and oxygen atoms in total. The molecule has 0 radical (unpaired) electrons. The van der Waals surface area contributed by atoms with E-state index in [9.17, 15) is 28.2 Å². The van der Waals surface area contributed by atoms with Crippen molar-refractivity contribution < 1.29 is 32.9 Å². The second kappa shape index (κ2) is 8.24. The number of aliphatic hydroxyl groups excluding tert-OH is 1. The molecule has 0 spiro atoms. The fourth-order valence-corrected chi connectivity index (χ4v) is 3.20. The van der Waals surface area contributed by atoms with Crippen LogP contribution in [0.2, 0.25) is 0 Å². The monoisotopic (exact) mass is 404 g/mol. The summed E-state index contributed by atoms with van der Waals surface area (Å²) in [4.78, 5) is 15.7. The first-order chi connectivity index (χ1) is 12.6. The maximum atomic E-state index is 13.4. The van der Waals surface area contributed by atoms with Crippen LogP contribution in [0.5, 0.6) is 5.75 Å². The van der Waals surface area contributed by atoms with Gasteiger partial charge in [0.05, 0.1) is 19.6 Å². The predicted octanol–water partition coefficient (Wildman–Crippen LogP) is 2.45. The lowest BCUT2D eigenvalue weighted by molar-refractivity contribution is -0.267. The van der Waals surface area contributed by atoms with E-state index in [1.54, 1.807) is 24.3 Å². The standard InChI is InChI=1S/C17H19F3N2O4S/c1-10-9-27-15(22-10)16(25,17(18,19)20)7-14(24)21-8-13(23)11-3-5-12(26-2)6-4-11/h3-6,9,13,23,25H,7-8H2,1-2H3,(H,21,24). The fraction of sp³-hybridized carbons (Fsp3) is 0.412. The molecular formula is C17H19F3N2O4S. The van der Waals surface area contributed by atoms with Crippen LogP contribution >= 0.6 is 11.3 Å². The zero-order valence-electron chi connectivity index (χ0n) is 14.6. The van der Waals surface area contributed by atoms with E-state index < -0.39 is 35.2 Å². The number of alkyl halides is 3. The second-order valence-corrected chi connectivity index (χ2v) is 6.78. The van der Waals surface area contributed by atoms with Crippen molar-refractivity contribution in [1.82, 2.24) is 10.3 Å². The van der Waals surface area contributed by atoms with E-state index in [0.29, 0.717) is 28.3 Å². The summed E-state index contributed by atoms with van der Waals surface area (Å²) in [6.45, 7) is 1.18. The molecule has 2 atom stereocenters. The lowest BCUT2D eigenvalue weighted by Crippen LogP contribution is -2.46. The summed E-state index contributed by atoms with van der Waals surface area (Å²) >= 11 is 0.628. The van der Waals surface area contributed by atoms with Crippen molar-refractivity contribution in [3.8, 4) is 5.75 Å². The third-order valence-corrected chi connectivity index (χ3v) is 4.96. The first kappa shape index (κ1) is 21.1. The first-order valence-corrected chi connectivity index (χ1v) is 8.75. The summed E-state index contributed by atoms with van der Waals surface area (Å²) in [5.41, 5.74) is -2.62. The molecule has 27 heavy (non-hydrogen) atoms. The van der Waals surface area contributed by atoms with Crippen molar-refractivity contribution in [1.29, 1.82) is 0 Å². The van der Waals surface area contributed by atoms with Gasteiger partial charge in [-0.3, -0.25) is 4.79 Å². The van der Waals surface area contributed by atoms with E-state index in [1.807, 2.05) is 0 Å². The van der Waals surface area contributed by atoms with Crippen molar-refractivity contribution in [2.45, 2.75) is 31.2 Å². The quantitative estimate of drug-likeness (QED) is 0.659. The van der Waals surface area contributed by atoms with E-state index in [4.69, 9.17) is 4.74 Å². The van der Waals surface area contributed by atoms with Gasteiger partial charge < -0.3 is 20.3 Å². The topological polar surface area (TPSA) is 91.7 Å². The number of nitrogens with one attached hydrogen (secondary N) is 1. The molecule has 0 fully saturated rings. The third-order valence-electron chi connectivity index (χ3n) is 3.85. The van der Waals surface area contributed by atoms with Gasteiger partial charge in [-0.05, 0) is 24.6 Å². The highest BCUT2D eigenvalue weighted by Crippen LogP contribution is 2.42. The minimum atomic E-state index is -5.08. The summed E-state index contributed by atoms with van der Waals surface area (Å²) < 4.78 is 45.1. The molecule has 1 heterocycles. The molecule has 10 heteroatoms. The van der Waals surface area contributed by atoms with Crippen molar-refractivity contribution in [2.75, 3.05) is 13.7 Å². The Bertz CT molecular complexity index is 779. The minimum Gasteiger partial charge on any atom is -0.497 e. The molecule has 2 rings (SSSR count). The molecule has 0 aliphatic heterocycles. The number of benzene rings is 1. The van der Waals surface area contributed by atoms with Gasteiger partial charge in [0.25, 0.3) is 0 Å². The number of rotatable bonds is 7. The maximum Gasteiger partial charge on any atom is 0.424 e. The molecule has 2 aromatic rings. The minimum absolute atomic E-state index is 0.310. The molecule has 1 amide bonds. The molecule has 1 aromatic carbocycles. The van der Waals surface area contributed by atoms with Crippen molar-refractivity contribution in [2.24, 2.45) is 0 Å². The molecule has 0 aliphatic rings. The largest absolute Gasteiger partial charge is 0.497 e. The number of aromatic nitrogens is 1. The van der Waals surface area contributed by atoms with Crippen molar-refractivity contribution in [3.63, 3.8) is 0 Å². The smallest absolute Gasteiger partial charge is 0.424 e. The Morgan fingerprint density at radius 3 is 2.44 bits per heavy atom. The maximum absolute atomic E-state index is 13.4. The number of carbonyl (C=O) groups is 1. The van der Waals surface area contributed by atoms with Crippen LogP contribution in [0.15, 0.2) is 29.6 Å². The Hall–Kier alpha value is -2.17. The summed E-state index contributed by atoms with van der Waals surface area (Å²) in [5, 5.41) is 23.2. The van der Waals surface area contributed by atoms with Crippen LogP contribution in [0.3, 0.4) is 0 Å². The predicted molar refractivity (Wildman–Crippen MR) is 92.4 cm³/mol. The van der Waals surface area contributed by atoms with Crippen LogP contribution in [0.1, 0.15) is 28.8 Å². The second-order valence-electron chi connectivity index (χ2n) is 5.92. The number of methoxy groups -OCH3 is 1. The number of halogens is 3. The summed E-state index contributed by atoms with van der Waals surface area (Å²) in [5.74, 6) is -0.487. The van der Waals surface area contributed by atoms with Crippen LogP contribution in [-0.2, 0) is 10.4 Å². The number of ether oxygens (including phenoxy) is 1. The van der Waals surface area contributed by atoms with Gasteiger partial charge in [0.15, 0.2) is 0 Å². The van der Waals surface area contributed by atoms with E-state index in [0.717, 1.165) is 0 Å². The summed E-state index contributed by atoms with van der Waals surface area (Å²) in [6, 6.07) is 6.35. The van der Waals surface area contributed by atoms with Crippen molar-refractivity contribution in [3.05, 3.63) is 45.9 Å². The van der Waals surface area contributed by atoms with Crippen LogP contribution < -0.4 is 10.1 Å². The van der Waals surface area contributed by atoms with Gasteiger partial charge in [-0.15, -0.1) is 11.3 Å². The van der Waals surface area contributed by atoms with Gasteiger partial charge in [-0.2, -0.15) is 13.2 Å². The number of amides is 1. The Morgan fingerprint density at radius 1 is 1.33 bits per heavy atom. The Labute approximate surface area is 157 Å². The molecule has 0 aliphatic carbocycles. The van der Waals surface area contributed by atoms with Crippen molar-refractivity contribution >= 4 is 17.2 Å². The van der Waals surface area contributed by atoms with Gasteiger partial charge in [0, 0.05) is 17.6 Å². The molecule has 148 valence electrons. The normalized spacial score (nSPS) is 15.1. The van der Waals surface area contributed by atoms with E-state index in [1.165, 1.54) is 19.4 Å². The molecule has 2 unspecified atom stereocenters.